The van der Waals surface area contributed by atoms with E-state index >= 15 is 0 Å². The molecule has 21 heavy (non-hydrogen) atoms. The van der Waals surface area contributed by atoms with E-state index in [1.165, 1.54) is 12.8 Å². The Kier molecular flexibility index (Phi) is 6.45. The van der Waals surface area contributed by atoms with Crippen molar-refractivity contribution in [2.24, 2.45) is 0 Å². The number of likely N-dealkylation sites (N-methyl/N-ethyl adjacent to an activating group) is 1. The summed E-state index contributed by atoms with van der Waals surface area (Å²) in [6, 6.07) is -0.178. The molecule has 0 aliphatic heterocycles. The van der Waals surface area contributed by atoms with Crippen molar-refractivity contribution in [3.8, 4) is 0 Å². The van der Waals surface area contributed by atoms with Gasteiger partial charge in [0.2, 0.25) is 0 Å². The topological polar surface area (TPSA) is 72.9 Å². The Morgan fingerprint density at radius 1 is 1.24 bits per heavy atom. The zero-order valence-corrected chi connectivity index (χ0v) is 13.7. The number of urea groups is 1. The van der Waals surface area contributed by atoms with Crippen LogP contribution in [-0.2, 0) is 4.79 Å². The molecular weight excluding hydrogens is 270 g/mol. The minimum Gasteiger partial charge on any atom is -0.481 e. The molecule has 1 aliphatic carbocycles. The van der Waals surface area contributed by atoms with Crippen LogP contribution in [0.5, 0.6) is 0 Å². The maximum Gasteiger partial charge on any atom is 0.317 e. The summed E-state index contributed by atoms with van der Waals surface area (Å²) in [6.07, 6.45) is 4.56. The lowest BCUT2D eigenvalue weighted by molar-refractivity contribution is -0.137. The number of carboxylic acid groups (broad SMARTS) is 1. The van der Waals surface area contributed by atoms with Crippen molar-refractivity contribution >= 4 is 12.0 Å². The average Bonchev–Trinajstić information content (AvgIpc) is 2.85. The van der Waals surface area contributed by atoms with Gasteiger partial charge in [-0.2, -0.15) is 0 Å². The maximum atomic E-state index is 12.3. The largest absolute Gasteiger partial charge is 0.481 e. The summed E-state index contributed by atoms with van der Waals surface area (Å²) in [7, 11) is 4.12. The molecular formula is C15H29N3O3. The fraction of sp³-hybridized carbons (Fsp3) is 0.867. The molecule has 1 fully saturated rings. The second-order valence-corrected chi connectivity index (χ2v) is 6.42. The number of amides is 2. The number of hydrogen-bond acceptors (Lipinski definition) is 3. The van der Waals surface area contributed by atoms with Gasteiger partial charge in [-0.3, -0.25) is 4.79 Å². The number of rotatable bonds is 7. The predicted molar refractivity (Wildman–Crippen MR) is 82.4 cm³/mol. The van der Waals surface area contributed by atoms with Crippen molar-refractivity contribution in [2.45, 2.75) is 57.5 Å². The highest BCUT2D eigenvalue weighted by molar-refractivity contribution is 5.75. The van der Waals surface area contributed by atoms with Gasteiger partial charge in [-0.1, -0.05) is 12.8 Å². The summed E-state index contributed by atoms with van der Waals surface area (Å²) in [6.45, 7) is 4.67. The van der Waals surface area contributed by atoms with E-state index in [0.717, 1.165) is 12.8 Å². The highest BCUT2D eigenvalue weighted by atomic mass is 16.4. The molecule has 6 nitrogen and oxygen atoms in total. The Morgan fingerprint density at radius 3 is 2.24 bits per heavy atom. The summed E-state index contributed by atoms with van der Waals surface area (Å²) in [5, 5.41) is 11.8. The number of carboxylic acids is 1. The molecule has 122 valence electrons. The molecule has 1 saturated carbocycles. The number of aliphatic carboxylic acids is 1. The van der Waals surface area contributed by atoms with E-state index in [0.29, 0.717) is 6.54 Å². The van der Waals surface area contributed by atoms with Gasteiger partial charge in [-0.15, -0.1) is 0 Å². The summed E-state index contributed by atoms with van der Waals surface area (Å²) < 4.78 is 0. The van der Waals surface area contributed by atoms with Gasteiger partial charge < -0.3 is 20.2 Å². The number of nitrogens with zero attached hydrogens (tertiary/aromatic N) is 2. The molecule has 1 rings (SSSR count). The van der Waals surface area contributed by atoms with Crippen molar-refractivity contribution in [3.05, 3.63) is 0 Å². The van der Waals surface area contributed by atoms with E-state index in [4.69, 9.17) is 5.11 Å². The minimum atomic E-state index is -0.881. The lowest BCUT2D eigenvalue weighted by atomic mass is 9.96. The molecule has 0 aromatic heterocycles. The van der Waals surface area contributed by atoms with Crippen molar-refractivity contribution in [1.82, 2.24) is 15.1 Å². The third kappa shape index (κ3) is 4.88. The van der Waals surface area contributed by atoms with Crippen LogP contribution in [-0.4, -0.2) is 65.7 Å². The summed E-state index contributed by atoms with van der Waals surface area (Å²) >= 11 is 0. The Morgan fingerprint density at radius 2 is 1.81 bits per heavy atom. The van der Waals surface area contributed by atoms with Gasteiger partial charge in [-0.25, -0.2) is 4.79 Å². The molecule has 0 unspecified atom stereocenters. The van der Waals surface area contributed by atoms with Crippen LogP contribution >= 0.6 is 0 Å². The van der Waals surface area contributed by atoms with Gasteiger partial charge in [0.25, 0.3) is 0 Å². The molecule has 0 radical (unpaired) electrons. The van der Waals surface area contributed by atoms with Crippen LogP contribution in [0.15, 0.2) is 0 Å². The van der Waals surface area contributed by atoms with Crippen LogP contribution in [0.4, 0.5) is 4.79 Å². The van der Waals surface area contributed by atoms with E-state index in [9.17, 15) is 9.59 Å². The third-order valence-electron chi connectivity index (χ3n) is 4.50. The molecule has 1 aliphatic rings. The Balaban J connectivity index is 2.58. The summed E-state index contributed by atoms with van der Waals surface area (Å²) in [5.74, 6) is -0.881. The van der Waals surface area contributed by atoms with Crippen LogP contribution in [0.3, 0.4) is 0 Å². The van der Waals surface area contributed by atoms with Crippen molar-refractivity contribution in [3.63, 3.8) is 0 Å². The zero-order chi connectivity index (χ0) is 16.0. The van der Waals surface area contributed by atoms with Crippen molar-refractivity contribution in [2.75, 3.05) is 27.2 Å². The molecule has 0 aromatic rings. The van der Waals surface area contributed by atoms with Crippen LogP contribution in [0.25, 0.3) is 0 Å². The SMILES string of the molecule is CC(C)N(CCC(=O)O)C(=O)NCC1(N(C)C)CCCC1. The number of carbonyl (C=O) groups is 2. The fourth-order valence-electron chi connectivity index (χ4n) is 2.97. The Hall–Kier alpha value is -1.30. The highest BCUT2D eigenvalue weighted by Crippen LogP contribution is 2.33. The minimum absolute atomic E-state index is 0.0109. The Bertz CT molecular complexity index is 363. The van der Waals surface area contributed by atoms with Gasteiger partial charge >= 0.3 is 12.0 Å². The molecule has 0 atom stereocenters. The van der Waals surface area contributed by atoms with Gasteiger partial charge in [0, 0.05) is 24.7 Å². The van der Waals surface area contributed by atoms with Crippen LogP contribution in [0.1, 0.15) is 46.0 Å². The summed E-state index contributed by atoms with van der Waals surface area (Å²) in [4.78, 5) is 26.8. The first-order chi connectivity index (χ1) is 9.78. The number of nitrogens with one attached hydrogen (secondary N) is 1. The Labute approximate surface area is 127 Å². The van der Waals surface area contributed by atoms with Crippen molar-refractivity contribution < 1.29 is 14.7 Å². The molecule has 0 saturated heterocycles. The first kappa shape index (κ1) is 17.8. The highest BCUT2D eigenvalue weighted by Gasteiger charge is 2.36. The van der Waals surface area contributed by atoms with Crippen molar-refractivity contribution in [1.29, 1.82) is 0 Å². The van der Waals surface area contributed by atoms with Gasteiger partial charge in [0.05, 0.1) is 6.42 Å². The molecule has 0 heterocycles. The predicted octanol–water partition coefficient (Wildman–Crippen LogP) is 1.76. The molecule has 0 aromatic carbocycles. The molecule has 2 N–H and O–H groups in total. The number of hydrogen-bond donors (Lipinski definition) is 2. The second kappa shape index (κ2) is 7.64. The monoisotopic (exact) mass is 299 g/mol. The smallest absolute Gasteiger partial charge is 0.317 e. The van der Waals surface area contributed by atoms with Gasteiger partial charge in [0.15, 0.2) is 0 Å². The van der Waals surface area contributed by atoms with Crippen LogP contribution < -0.4 is 5.32 Å². The first-order valence-electron chi connectivity index (χ1n) is 7.72. The quantitative estimate of drug-likeness (QED) is 0.751. The molecule has 0 spiro atoms. The van der Waals surface area contributed by atoms with Crippen LogP contribution in [0.2, 0.25) is 0 Å². The van der Waals surface area contributed by atoms with Gasteiger partial charge in [-0.05, 0) is 40.8 Å². The fourth-order valence-corrected chi connectivity index (χ4v) is 2.97. The standard InChI is InChI=1S/C15H29N3O3/c1-12(2)18(10-7-13(19)20)14(21)16-11-15(17(3)4)8-5-6-9-15/h12H,5-11H2,1-4H3,(H,16,21)(H,19,20). The average molecular weight is 299 g/mol. The van der Waals surface area contributed by atoms with E-state index < -0.39 is 5.97 Å². The maximum absolute atomic E-state index is 12.3. The first-order valence-corrected chi connectivity index (χ1v) is 7.72. The van der Waals surface area contributed by atoms with Crippen LogP contribution in [0, 0.1) is 0 Å². The van der Waals surface area contributed by atoms with E-state index in [2.05, 4.69) is 24.3 Å². The molecule has 2 amide bonds. The van der Waals surface area contributed by atoms with E-state index in [-0.39, 0.29) is 30.6 Å². The van der Waals surface area contributed by atoms with E-state index in [1.54, 1.807) is 4.90 Å². The lowest BCUT2D eigenvalue weighted by Gasteiger charge is -2.37. The summed E-state index contributed by atoms with van der Waals surface area (Å²) in [5.41, 5.74) is 0.0467. The third-order valence-corrected chi connectivity index (χ3v) is 4.50. The van der Waals surface area contributed by atoms with Gasteiger partial charge in [0.1, 0.15) is 0 Å². The second-order valence-electron chi connectivity index (χ2n) is 6.42. The van der Waals surface area contributed by atoms with E-state index in [1.807, 2.05) is 13.8 Å². The molecule has 0 bridgehead atoms. The lowest BCUT2D eigenvalue weighted by Crippen LogP contribution is -2.54. The number of carbonyl (C=O) groups excluding carboxylic acids is 1. The molecule has 6 heteroatoms. The zero-order valence-electron chi connectivity index (χ0n) is 13.7. The normalized spacial score (nSPS) is 17.2.